The Morgan fingerprint density at radius 2 is 1.47 bits per heavy atom. The van der Waals surface area contributed by atoms with Gasteiger partial charge in [0.15, 0.2) is 0 Å². The van der Waals surface area contributed by atoms with Crippen LogP contribution >= 0.6 is 0 Å². The van der Waals surface area contributed by atoms with Crippen LogP contribution in [0.1, 0.15) is 12.5 Å². The summed E-state index contributed by atoms with van der Waals surface area (Å²) in [4.78, 5) is 8.65. The van der Waals surface area contributed by atoms with Crippen molar-refractivity contribution in [1.82, 2.24) is 0 Å². The third-order valence-electron chi connectivity index (χ3n) is 2.71. The van der Waals surface area contributed by atoms with Crippen molar-refractivity contribution >= 4 is 17.1 Å². The van der Waals surface area contributed by atoms with Crippen LogP contribution < -0.4 is 0 Å². The van der Waals surface area contributed by atoms with Gasteiger partial charge in [0.25, 0.3) is 0 Å². The quantitative estimate of drug-likeness (QED) is 0.687. The molecule has 0 amide bonds. The van der Waals surface area contributed by atoms with Crippen LogP contribution in [0.25, 0.3) is 0 Å². The van der Waals surface area contributed by atoms with Crippen molar-refractivity contribution in [3.05, 3.63) is 54.1 Å². The molecule has 0 aromatic heterocycles. The summed E-state index contributed by atoms with van der Waals surface area (Å²) in [5, 5.41) is 0. The van der Waals surface area contributed by atoms with E-state index in [4.69, 9.17) is 0 Å². The van der Waals surface area contributed by atoms with Crippen LogP contribution in [-0.2, 0) is 6.42 Å². The lowest BCUT2D eigenvalue weighted by Crippen LogP contribution is -1.99. The van der Waals surface area contributed by atoms with Crippen LogP contribution in [0.4, 0.5) is 5.69 Å². The minimum Gasteiger partial charge on any atom is -0.289 e. The molecule has 2 rings (SSSR count). The first-order chi connectivity index (χ1) is 8.31. The fraction of sp³-hybridized carbons (Fsp3) is 0.200. The number of allylic oxidation sites excluding steroid dienone is 4. The number of hydrogen-bond donors (Lipinski definition) is 0. The third-order valence-corrected chi connectivity index (χ3v) is 2.71. The summed E-state index contributed by atoms with van der Waals surface area (Å²) in [5.41, 5.74) is 4.26. The average molecular weight is 224 g/mol. The van der Waals surface area contributed by atoms with E-state index in [0.29, 0.717) is 0 Å². The molecule has 0 radical (unpaired) electrons. The van der Waals surface area contributed by atoms with E-state index in [1.54, 1.807) is 7.05 Å². The zero-order valence-corrected chi connectivity index (χ0v) is 10.2. The lowest BCUT2D eigenvalue weighted by Gasteiger charge is -2.02. The van der Waals surface area contributed by atoms with Gasteiger partial charge in [0.1, 0.15) is 0 Å². The summed E-state index contributed by atoms with van der Waals surface area (Å²) in [6.45, 7) is 2.15. The van der Waals surface area contributed by atoms with Gasteiger partial charge in [-0.25, -0.2) is 4.99 Å². The van der Waals surface area contributed by atoms with E-state index in [1.165, 1.54) is 5.56 Å². The number of hydrogen-bond acceptors (Lipinski definition) is 2. The second-order valence-electron chi connectivity index (χ2n) is 3.87. The number of benzene rings is 1. The van der Waals surface area contributed by atoms with E-state index >= 15 is 0 Å². The summed E-state index contributed by atoms with van der Waals surface area (Å²) in [6, 6.07) is 8.34. The van der Waals surface area contributed by atoms with E-state index in [2.05, 4.69) is 41.2 Å². The molecule has 0 saturated heterocycles. The Labute approximate surface area is 102 Å². The van der Waals surface area contributed by atoms with Crippen molar-refractivity contribution in [2.24, 2.45) is 9.98 Å². The Kier molecular flexibility index (Phi) is 3.66. The molecule has 0 bridgehead atoms. The fourth-order valence-corrected chi connectivity index (χ4v) is 1.63. The monoisotopic (exact) mass is 224 g/mol. The standard InChI is InChI=1S/C15H16N2/c1-3-12-4-6-14(7-5-12)17-15-10-8-13(16-2)9-11-15/h4-11H,3H2,1-2H3. The Morgan fingerprint density at radius 3 is 2.00 bits per heavy atom. The summed E-state index contributed by atoms with van der Waals surface area (Å²) in [6.07, 6.45) is 8.97. The average Bonchev–Trinajstić information content (AvgIpc) is 2.40. The minimum atomic E-state index is 0.960. The van der Waals surface area contributed by atoms with Gasteiger partial charge in [0.05, 0.1) is 17.1 Å². The molecule has 0 fully saturated rings. The summed E-state index contributed by atoms with van der Waals surface area (Å²) in [5.74, 6) is 0. The highest BCUT2D eigenvalue weighted by molar-refractivity contribution is 6.18. The smallest absolute Gasteiger partial charge is 0.0638 e. The summed E-state index contributed by atoms with van der Waals surface area (Å²) < 4.78 is 0. The molecule has 1 aromatic rings. The van der Waals surface area contributed by atoms with Crippen molar-refractivity contribution in [2.75, 3.05) is 7.05 Å². The van der Waals surface area contributed by atoms with E-state index < -0.39 is 0 Å². The van der Waals surface area contributed by atoms with E-state index in [1.807, 2.05) is 24.3 Å². The number of nitrogens with zero attached hydrogens (tertiary/aromatic N) is 2. The molecule has 17 heavy (non-hydrogen) atoms. The molecule has 86 valence electrons. The van der Waals surface area contributed by atoms with Crippen molar-refractivity contribution in [3.63, 3.8) is 0 Å². The first-order valence-electron chi connectivity index (χ1n) is 5.82. The molecule has 1 aliphatic rings. The molecule has 1 aliphatic carbocycles. The summed E-state index contributed by atoms with van der Waals surface area (Å²) >= 11 is 0. The lowest BCUT2D eigenvalue weighted by molar-refractivity contribution is 1.14. The van der Waals surface area contributed by atoms with Crippen molar-refractivity contribution in [3.8, 4) is 0 Å². The van der Waals surface area contributed by atoms with E-state index in [0.717, 1.165) is 23.5 Å². The van der Waals surface area contributed by atoms with Crippen LogP contribution in [0.2, 0.25) is 0 Å². The topological polar surface area (TPSA) is 24.7 Å². The van der Waals surface area contributed by atoms with E-state index in [-0.39, 0.29) is 0 Å². The van der Waals surface area contributed by atoms with Gasteiger partial charge in [-0.2, -0.15) is 0 Å². The van der Waals surface area contributed by atoms with Crippen LogP contribution in [0.15, 0.2) is 58.6 Å². The molecule has 0 N–H and O–H groups in total. The molecule has 2 nitrogen and oxygen atoms in total. The fourth-order valence-electron chi connectivity index (χ4n) is 1.63. The highest BCUT2D eigenvalue weighted by atomic mass is 14.7. The van der Waals surface area contributed by atoms with Crippen molar-refractivity contribution < 1.29 is 0 Å². The zero-order valence-electron chi connectivity index (χ0n) is 10.2. The molecule has 0 aliphatic heterocycles. The predicted octanol–water partition coefficient (Wildman–Crippen LogP) is 3.52. The highest BCUT2D eigenvalue weighted by Gasteiger charge is 1.98. The van der Waals surface area contributed by atoms with Gasteiger partial charge in [0, 0.05) is 7.05 Å². The maximum Gasteiger partial charge on any atom is 0.0638 e. The van der Waals surface area contributed by atoms with Crippen LogP contribution in [0, 0.1) is 0 Å². The SMILES string of the molecule is CCc1ccc(N=C2C=CC(=NC)C=C2)cc1. The minimum absolute atomic E-state index is 0.960. The summed E-state index contributed by atoms with van der Waals surface area (Å²) in [7, 11) is 1.79. The van der Waals surface area contributed by atoms with Gasteiger partial charge >= 0.3 is 0 Å². The largest absolute Gasteiger partial charge is 0.289 e. The predicted molar refractivity (Wildman–Crippen MR) is 74.6 cm³/mol. The molecule has 2 heteroatoms. The highest BCUT2D eigenvalue weighted by Crippen LogP contribution is 2.15. The lowest BCUT2D eigenvalue weighted by atomic mass is 10.1. The molecule has 0 atom stereocenters. The number of aliphatic imine (C=N–C) groups is 2. The third kappa shape index (κ3) is 3.00. The van der Waals surface area contributed by atoms with Crippen LogP contribution in [0.5, 0.6) is 0 Å². The Balaban J connectivity index is 2.17. The van der Waals surface area contributed by atoms with Gasteiger partial charge in [-0.3, -0.25) is 4.99 Å². The first kappa shape index (κ1) is 11.5. The zero-order chi connectivity index (χ0) is 12.1. The van der Waals surface area contributed by atoms with E-state index in [9.17, 15) is 0 Å². The first-order valence-corrected chi connectivity index (χ1v) is 5.82. The molecule has 0 saturated carbocycles. The normalized spacial score (nSPS) is 14.0. The molecular formula is C15H16N2. The molecule has 0 spiro atoms. The van der Waals surface area contributed by atoms with Crippen LogP contribution in [0.3, 0.4) is 0 Å². The van der Waals surface area contributed by atoms with Gasteiger partial charge in [-0.05, 0) is 48.4 Å². The Bertz CT molecular complexity index is 484. The van der Waals surface area contributed by atoms with Gasteiger partial charge in [-0.1, -0.05) is 19.1 Å². The molecule has 1 aromatic carbocycles. The molecule has 0 unspecified atom stereocenters. The van der Waals surface area contributed by atoms with Crippen molar-refractivity contribution in [2.45, 2.75) is 13.3 Å². The maximum absolute atomic E-state index is 4.55. The second-order valence-corrected chi connectivity index (χ2v) is 3.87. The van der Waals surface area contributed by atoms with Gasteiger partial charge < -0.3 is 0 Å². The second kappa shape index (κ2) is 5.39. The molecule has 0 heterocycles. The van der Waals surface area contributed by atoms with Crippen molar-refractivity contribution in [1.29, 1.82) is 0 Å². The number of rotatable bonds is 2. The maximum atomic E-state index is 4.55. The Hall–Kier alpha value is -1.96. The Morgan fingerprint density at radius 1 is 0.882 bits per heavy atom. The van der Waals surface area contributed by atoms with Crippen LogP contribution in [-0.4, -0.2) is 18.5 Å². The van der Waals surface area contributed by atoms with Gasteiger partial charge in [0.2, 0.25) is 0 Å². The van der Waals surface area contributed by atoms with Gasteiger partial charge in [-0.15, -0.1) is 0 Å². The molecular weight excluding hydrogens is 208 g/mol. The number of aryl methyl sites for hydroxylation is 1.